The quantitative estimate of drug-likeness (QED) is 0.631. The number of piperidine rings is 1. The smallest absolute Gasteiger partial charge is 0.282 e. The van der Waals surface area contributed by atoms with E-state index in [1.54, 1.807) is 25.3 Å². The lowest BCUT2D eigenvalue weighted by molar-refractivity contribution is -0.120. The van der Waals surface area contributed by atoms with Crippen LogP contribution in [0.15, 0.2) is 48.2 Å². The molecule has 2 aromatic rings. The Kier molecular flexibility index (Phi) is 6.42. The van der Waals surface area contributed by atoms with Crippen LogP contribution in [0.2, 0.25) is 0 Å². The van der Waals surface area contributed by atoms with Crippen molar-refractivity contribution in [2.45, 2.75) is 25.8 Å². The first-order valence-electron chi connectivity index (χ1n) is 11.2. The maximum absolute atomic E-state index is 13.8. The van der Waals surface area contributed by atoms with Gasteiger partial charge in [-0.15, -0.1) is 0 Å². The van der Waals surface area contributed by atoms with Gasteiger partial charge in [0, 0.05) is 19.2 Å². The third kappa shape index (κ3) is 4.20. The lowest BCUT2D eigenvalue weighted by Crippen LogP contribution is -2.43. The molecule has 0 N–H and O–H groups in total. The fraction of sp³-hybridized carbons (Fsp3) is 0.385. The molecule has 0 radical (unpaired) electrons. The van der Waals surface area contributed by atoms with Crippen LogP contribution < -0.4 is 14.4 Å². The monoisotopic (exact) mass is 449 g/mol. The van der Waals surface area contributed by atoms with Crippen molar-refractivity contribution in [1.82, 2.24) is 9.80 Å². The highest BCUT2D eigenvalue weighted by Gasteiger charge is 2.44. The fourth-order valence-corrected chi connectivity index (χ4v) is 4.58. The number of carbonyl (C=O) groups excluding carboxylic acids is 2. The molecule has 7 heteroatoms. The summed E-state index contributed by atoms with van der Waals surface area (Å²) in [4.78, 5) is 33.2. The van der Waals surface area contributed by atoms with E-state index in [9.17, 15) is 9.59 Å². The molecular weight excluding hydrogens is 418 g/mol. The molecule has 1 fully saturated rings. The van der Waals surface area contributed by atoms with Crippen LogP contribution in [0, 0.1) is 6.92 Å². The van der Waals surface area contributed by atoms with Gasteiger partial charge in [-0.3, -0.25) is 9.59 Å². The summed E-state index contributed by atoms with van der Waals surface area (Å²) in [5, 5.41) is 0. The van der Waals surface area contributed by atoms with Gasteiger partial charge in [0.2, 0.25) is 0 Å². The SMILES string of the molecule is COc1ccc(N2C(=O)C(c3ccc(C)cc3)=C(N(C)C3CCN(C)CC3)C2=O)c(OC)c1. The molecule has 0 atom stereocenters. The van der Waals surface area contributed by atoms with Gasteiger partial charge >= 0.3 is 0 Å². The molecule has 2 heterocycles. The van der Waals surface area contributed by atoms with E-state index in [1.165, 1.54) is 12.0 Å². The predicted molar refractivity (Wildman–Crippen MR) is 128 cm³/mol. The molecule has 2 aromatic carbocycles. The lowest BCUT2D eigenvalue weighted by Gasteiger charge is -2.36. The standard InChI is InChI=1S/C26H31N3O4/c1-17-6-8-18(9-7-17)23-24(28(3)19-12-14-27(2)15-13-19)26(31)29(25(23)30)21-11-10-20(32-4)16-22(21)33-5/h6-11,16,19H,12-15H2,1-5H3. The Morgan fingerprint density at radius 2 is 1.61 bits per heavy atom. The van der Waals surface area contributed by atoms with Crippen molar-refractivity contribution in [2.24, 2.45) is 0 Å². The molecule has 2 aliphatic heterocycles. The van der Waals surface area contributed by atoms with E-state index >= 15 is 0 Å². The number of hydrogen-bond donors (Lipinski definition) is 0. The van der Waals surface area contributed by atoms with Crippen LogP contribution in [-0.4, -0.2) is 69.1 Å². The second-order valence-electron chi connectivity index (χ2n) is 8.72. The van der Waals surface area contributed by atoms with Crippen LogP contribution in [-0.2, 0) is 9.59 Å². The zero-order chi connectivity index (χ0) is 23.7. The molecule has 4 rings (SSSR count). The average Bonchev–Trinajstić information content (AvgIpc) is 3.09. The zero-order valence-corrected chi connectivity index (χ0v) is 19.9. The van der Waals surface area contributed by atoms with Gasteiger partial charge in [0.15, 0.2) is 0 Å². The lowest BCUT2D eigenvalue weighted by atomic mass is 9.99. The van der Waals surface area contributed by atoms with Crippen molar-refractivity contribution in [1.29, 1.82) is 0 Å². The van der Waals surface area contributed by atoms with Gasteiger partial charge in [0.25, 0.3) is 11.8 Å². The second kappa shape index (κ2) is 9.27. The van der Waals surface area contributed by atoms with Crippen LogP contribution >= 0.6 is 0 Å². The number of likely N-dealkylation sites (N-methyl/N-ethyl adjacent to an activating group) is 1. The molecular formula is C26H31N3O4. The zero-order valence-electron chi connectivity index (χ0n) is 19.9. The van der Waals surface area contributed by atoms with E-state index in [-0.39, 0.29) is 17.9 Å². The van der Waals surface area contributed by atoms with Crippen LogP contribution in [0.5, 0.6) is 11.5 Å². The van der Waals surface area contributed by atoms with Gasteiger partial charge in [0.05, 0.1) is 25.5 Å². The first-order chi connectivity index (χ1) is 15.8. The van der Waals surface area contributed by atoms with Crippen molar-refractivity contribution >= 4 is 23.1 Å². The van der Waals surface area contributed by atoms with Gasteiger partial charge in [-0.1, -0.05) is 29.8 Å². The number of benzene rings is 2. The van der Waals surface area contributed by atoms with E-state index in [1.807, 2.05) is 43.1 Å². The molecule has 2 amide bonds. The van der Waals surface area contributed by atoms with Crippen molar-refractivity contribution < 1.29 is 19.1 Å². The van der Waals surface area contributed by atoms with Gasteiger partial charge in [-0.05, 0) is 57.6 Å². The van der Waals surface area contributed by atoms with Crippen molar-refractivity contribution in [3.8, 4) is 11.5 Å². The van der Waals surface area contributed by atoms with Gasteiger partial charge in [0.1, 0.15) is 17.2 Å². The minimum atomic E-state index is -0.345. The second-order valence-corrected chi connectivity index (χ2v) is 8.72. The summed E-state index contributed by atoms with van der Waals surface area (Å²) in [6.07, 6.45) is 1.87. The minimum absolute atomic E-state index is 0.186. The molecule has 0 unspecified atom stereocenters. The summed E-state index contributed by atoms with van der Waals surface area (Å²) in [6, 6.07) is 13.0. The summed E-state index contributed by atoms with van der Waals surface area (Å²) in [6.45, 7) is 3.92. The number of aryl methyl sites for hydroxylation is 1. The van der Waals surface area contributed by atoms with Crippen LogP contribution in [0.4, 0.5) is 5.69 Å². The Morgan fingerprint density at radius 1 is 0.939 bits per heavy atom. The fourth-order valence-electron chi connectivity index (χ4n) is 4.58. The first-order valence-corrected chi connectivity index (χ1v) is 11.2. The molecule has 33 heavy (non-hydrogen) atoms. The normalized spacial score (nSPS) is 17.7. The number of rotatable bonds is 6. The molecule has 7 nitrogen and oxygen atoms in total. The highest BCUT2D eigenvalue weighted by Crippen LogP contribution is 2.40. The summed E-state index contributed by atoms with van der Waals surface area (Å²) in [5.41, 5.74) is 3.11. The van der Waals surface area contributed by atoms with Crippen molar-refractivity contribution in [2.75, 3.05) is 46.3 Å². The van der Waals surface area contributed by atoms with Gasteiger partial charge in [-0.2, -0.15) is 0 Å². The van der Waals surface area contributed by atoms with E-state index in [0.29, 0.717) is 28.5 Å². The molecule has 0 aromatic heterocycles. The number of imide groups is 1. The number of nitrogens with zero attached hydrogens (tertiary/aromatic N) is 3. The van der Waals surface area contributed by atoms with Crippen molar-refractivity contribution in [3.63, 3.8) is 0 Å². The van der Waals surface area contributed by atoms with Gasteiger partial charge < -0.3 is 19.3 Å². The van der Waals surface area contributed by atoms with Crippen molar-refractivity contribution in [3.05, 3.63) is 59.3 Å². The molecule has 0 bridgehead atoms. The largest absolute Gasteiger partial charge is 0.497 e. The van der Waals surface area contributed by atoms with E-state index in [4.69, 9.17) is 9.47 Å². The number of amides is 2. The van der Waals surface area contributed by atoms with E-state index in [2.05, 4.69) is 11.9 Å². The predicted octanol–water partition coefficient (Wildman–Crippen LogP) is 3.32. The topological polar surface area (TPSA) is 62.3 Å². The summed E-state index contributed by atoms with van der Waals surface area (Å²) in [5.74, 6) is 0.315. The number of hydrogen-bond acceptors (Lipinski definition) is 6. The third-order valence-corrected chi connectivity index (χ3v) is 6.62. The molecule has 174 valence electrons. The Labute approximate surface area is 195 Å². The maximum atomic E-state index is 13.8. The molecule has 2 aliphatic rings. The Bertz CT molecular complexity index is 1090. The Morgan fingerprint density at radius 3 is 2.21 bits per heavy atom. The van der Waals surface area contributed by atoms with E-state index < -0.39 is 0 Å². The minimum Gasteiger partial charge on any atom is -0.497 e. The number of likely N-dealkylation sites (tertiary alicyclic amines) is 1. The maximum Gasteiger partial charge on any atom is 0.282 e. The Balaban J connectivity index is 1.80. The van der Waals surface area contributed by atoms with Gasteiger partial charge in [-0.25, -0.2) is 4.90 Å². The van der Waals surface area contributed by atoms with Crippen LogP contribution in [0.1, 0.15) is 24.0 Å². The Hall–Kier alpha value is -3.32. The average molecular weight is 450 g/mol. The summed E-state index contributed by atoms with van der Waals surface area (Å²) in [7, 11) is 7.12. The van der Waals surface area contributed by atoms with Crippen LogP contribution in [0.3, 0.4) is 0 Å². The van der Waals surface area contributed by atoms with E-state index in [0.717, 1.165) is 37.1 Å². The molecule has 0 saturated carbocycles. The first kappa shape index (κ1) is 22.9. The number of anilines is 1. The number of methoxy groups -OCH3 is 2. The molecule has 0 spiro atoms. The molecule has 0 aliphatic carbocycles. The summed E-state index contributed by atoms with van der Waals surface area (Å²) < 4.78 is 10.8. The summed E-state index contributed by atoms with van der Waals surface area (Å²) >= 11 is 0. The highest BCUT2D eigenvalue weighted by atomic mass is 16.5. The molecule has 1 saturated heterocycles. The number of carbonyl (C=O) groups is 2. The van der Waals surface area contributed by atoms with Crippen LogP contribution in [0.25, 0.3) is 5.57 Å². The highest BCUT2D eigenvalue weighted by molar-refractivity contribution is 6.45. The number of ether oxygens (including phenoxy) is 2. The third-order valence-electron chi connectivity index (χ3n) is 6.62.